The Hall–Kier alpha value is -1.37. The molecule has 20 heavy (non-hydrogen) atoms. The fraction of sp³-hybridized carbons (Fsp3) is 0.571. The largest absolute Gasteiger partial charge is 0.486 e. The van der Waals surface area contributed by atoms with E-state index < -0.39 is 18.0 Å². The highest BCUT2D eigenvalue weighted by Crippen LogP contribution is 2.36. The van der Waals surface area contributed by atoms with E-state index in [1.165, 1.54) is 12.5 Å². The van der Waals surface area contributed by atoms with Gasteiger partial charge in [-0.15, -0.1) is 0 Å². The van der Waals surface area contributed by atoms with Gasteiger partial charge >= 0.3 is 0 Å². The molecule has 1 fully saturated rings. The van der Waals surface area contributed by atoms with Gasteiger partial charge in [0.2, 0.25) is 0 Å². The zero-order chi connectivity index (χ0) is 14.1. The summed E-state index contributed by atoms with van der Waals surface area (Å²) in [4.78, 5) is 2.17. The van der Waals surface area contributed by atoms with Crippen LogP contribution in [0.2, 0.25) is 0 Å². The second kappa shape index (κ2) is 5.55. The number of nitrogens with zero attached hydrogens (tertiary/aromatic N) is 1. The first-order valence-electron chi connectivity index (χ1n) is 6.90. The Balaban J connectivity index is 1.76. The van der Waals surface area contributed by atoms with E-state index in [1.54, 1.807) is 6.07 Å². The first-order chi connectivity index (χ1) is 9.65. The molecule has 1 aromatic rings. The van der Waals surface area contributed by atoms with Crippen LogP contribution >= 0.6 is 0 Å². The number of hydrogen-bond acceptors (Lipinski definition) is 5. The van der Waals surface area contributed by atoms with Crippen LogP contribution in [0.4, 0.5) is 4.39 Å². The first-order valence-corrected chi connectivity index (χ1v) is 6.90. The van der Waals surface area contributed by atoms with Gasteiger partial charge in [0.05, 0.1) is 6.10 Å². The maximum Gasteiger partial charge on any atom is 0.197 e. The molecule has 0 spiro atoms. The standard InChI is InChI=1S/C14H19FN2O3/c15-10-6-9(7-12-14(10)20-5-4-19-12)13(18)11(16)8-17-2-1-3-17/h6-7,11,13,18H,1-5,8,16H2. The summed E-state index contributed by atoms with van der Waals surface area (Å²) >= 11 is 0. The number of ether oxygens (including phenoxy) is 2. The van der Waals surface area contributed by atoms with Gasteiger partial charge in [0.15, 0.2) is 17.3 Å². The zero-order valence-electron chi connectivity index (χ0n) is 11.2. The van der Waals surface area contributed by atoms with Gasteiger partial charge in [-0.05, 0) is 37.2 Å². The SMILES string of the molecule is NC(CN1CCC1)C(O)c1cc(F)c2c(c1)OCCO2. The number of aliphatic hydroxyl groups excluding tert-OH is 1. The second-order valence-corrected chi connectivity index (χ2v) is 5.29. The lowest BCUT2D eigenvalue weighted by Crippen LogP contribution is -2.47. The Morgan fingerprint density at radius 3 is 2.75 bits per heavy atom. The molecule has 3 rings (SSSR count). The number of rotatable bonds is 4. The molecular weight excluding hydrogens is 263 g/mol. The minimum absolute atomic E-state index is 0.114. The lowest BCUT2D eigenvalue weighted by molar-refractivity contribution is 0.0945. The highest BCUT2D eigenvalue weighted by molar-refractivity contribution is 5.46. The Kier molecular flexibility index (Phi) is 3.78. The molecular formula is C14H19FN2O3. The van der Waals surface area contributed by atoms with Crippen LogP contribution in [0.3, 0.4) is 0 Å². The van der Waals surface area contributed by atoms with E-state index >= 15 is 0 Å². The van der Waals surface area contributed by atoms with Crippen LogP contribution in [-0.4, -0.2) is 48.9 Å². The van der Waals surface area contributed by atoms with E-state index in [0.29, 0.717) is 31.1 Å². The molecule has 2 unspecified atom stereocenters. The summed E-state index contributed by atoms with van der Waals surface area (Å²) in [5.41, 5.74) is 6.43. The number of likely N-dealkylation sites (tertiary alicyclic amines) is 1. The molecule has 1 aromatic carbocycles. The van der Waals surface area contributed by atoms with E-state index in [-0.39, 0.29) is 5.75 Å². The van der Waals surface area contributed by atoms with E-state index in [0.717, 1.165) is 13.1 Å². The molecule has 110 valence electrons. The summed E-state index contributed by atoms with van der Waals surface area (Å²) in [5.74, 6) is -0.0719. The molecule has 2 atom stereocenters. The van der Waals surface area contributed by atoms with Crippen molar-refractivity contribution in [3.05, 3.63) is 23.5 Å². The first kappa shape index (κ1) is 13.6. The Labute approximate surface area is 117 Å². The van der Waals surface area contributed by atoms with Gasteiger partial charge in [-0.3, -0.25) is 0 Å². The lowest BCUT2D eigenvalue weighted by atomic mass is 10.0. The molecule has 0 amide bonds. The van der Waals surface area contributed by atoms with Crippen molar-refractivity contribution in [2.24, 2.45) is 5.73 Å². The molecule has 0 saturated carbocycles. The van der Waals surface area contributed by atoms with E-state index in [9.17, 15) is 9.50 Å². The maximum absolute atomic E-state index is 13.9. The van der Waals surface area contributed by atoms with Crippen molar-refractivity contribution < 1.29 is 19.0 Å². The molecule has 0 aromatic heterocycles. The van der Waals surface area contributed by atoms with Crippen LogP contribution < -0.4 is 15.2 Å². The summed E-state index contributed by atoms with van der Waals surface area (Å²) in [6.45, 7) is 3.34. The molecule has 0 bridgehead atoms. The Morgan fingerprint density at radius 1 is 1.30 bits per heavy atom. The average molecular weight is 282 g/mol. The molecule has 0 aliphatic carbocycles. The highest BCUT2D eigenvalue weighted by Gasteiger charge is 2.26. The van der Waals surface area contributed by atoms with Gasteiger partial charge in [0.1, 0.15) is 13.2 Å². The van der Waals surface area contributed by atoms with Crippen LogP contribution in [0, 0.1) is 5.82 Å². The molecule has 2 aliphatic rings. The smallest absolute Gasteiger partial charge is 0.197 e. The number of benzene rings is 1. The van der Waals surface area contributed by atoms with Gasteiger partial charge in [0, 0.05) is 12.6 Å². The van der Waals surface area contributed by atoms with E-state index in [1.807, 2.05) is 0 Å². The molecule has 5 nitrogen and oxygen atoms in total. The highest BCUT2D eigenvalue weighted by atomic mass is 19.1. The van der Waals surface area contributed by atoms with Crippen molar-refractivity contribution in [2.75, 3.05) is 32.8 Å². The fourth-order valence-electron chi connectivity index (χ4n) is 2.51. The molecule has 2 heterocycles. The molecule has 6 heteroatoms. The van der Waals surface area contributed by atoms with Gasteiger partial charge in [-0.1, -0.05) is 0 Å². The number of nitrogens with two attached hydrogens (primary N) is 1. The Morgan fingerprint density at radius 2 is 2.05 bits per heavy atom. The summed E-state index contributed by atoms with van der Waals surface area (Å²) in [5, 5.41) is 10.3. The molecule has 2 aliphatic heterocycles. The van der Waals surface area contributed by atoms with Crippen LogP contribution in [0.1, 0.15) is 18.1 Å². The van der Waals surface area contributed by atoms with Crippen LogP contribution in [0.15, 0.2) is 12.1 Å². The third-order valence-electron chi connectivity index (χ3n) is 3.78. The number of aliphatic hydroxyl groups is 1. The zero-order valence-corrected chi connectivity index (χ0v) is 11.2. The summed E-state index contributed by atoms with van der Waals surface area (Å²) in [6.07, 6.45) is 0.252. The predicted octanol–water partition coefficient (Wildman–Crippen LogP) is 0.663. The second-order valence-electron chi connectivity index (χ2n) is 5.29. The number of halogens is 1. The van der Waals surface area contributed by atoms with Crippen molar-refractivity contribution in [3.8, 4) is 11.5 Å². The predicted molar refractivity (Wildman–Crippen MR) is 71.4 cm³/mol. The topological polar surface area (TPSA) is 68.0 Å². The van der Waals surface area contributed by atoms with Gasteiger partial charge < -0.3 is 25.2 Å². The van der Waals surface area contributed by atoms with Gasteiger partial charge in [-0.2, -0.15) is 0 Å². The molecule has 0 radical (unpaired) electrons. The van der Waals surface area contributed by atoms with Crippen molar-refractivity contribution in [2.45, 2.75) is 18.6 Å². The van der Waals surface area contributed by atoms with Gasteiger partial charge in [0.25, 0.3) is 0 Å². The summed E-state index contributed by atoms with van der Waals surface area (Å²) in [7, 11) is 0. The third-order valence-corrected chi connectivity index (χ3v) is 3.78. The third kappa shape index (κ3) is 2.59. The van der Waals surface area contributed by atoms with Crippen molar-refractivity contribution in [1.29, 1.82) is 0 Å². The summed E-state index contributed by atoms with van der Waals surface area (Å²) < 4.78 is 24.5. The minimum Gasteiger partial charge on any atom is -0.486 e. The lowest BCUT2D eigenvalue weighted by Gasteiger charge is -2.34. The van der Waals surface area contributed by atoms with Crippen LogP contribution in [-0.2, 0) is 0 Å². The average Bonchev–Trinajstić information content (AvgIpc) is 2.41. The Bertz CT molecular complexity index is 494. The summed E-state index contributed by atoms with van der Waals surface area (Å²) in [6, 6.07) is 2.43. The van der Waals surface area contributed by atoms with Crippen molar-refractivity contribution in [3.63, 3.8) is 0 Å². The van der Waals surface area contributed by atoms with Gasteiger partial charge in [-0.25, -0.2) is 4.39 Å². The van der Waals surface area contributed by atoms with Crippen LogP contribution in [0.5, 0.6) is 11.5 Å². The van der Waals surface area contributed by atoms with Crippen molar-refractivity contribution in [1.82, 2.24) is 4.90 Å². The van der Waals surface area contributed by atoms with Crippen molar-refractivity contribution >= 4 is 0 Å². The van der Waals surface area contributed by atoms with E-state index in [4.69, 9.17) is 15.2 Å². The molecule has 3 N–H and O–H groups in total. The normalized spacial score (nSPS) is 21.1. The van der Waals surface area contributed by atoms with E-state index in [2.05, 4.69) is 4.90 Å². The maximum atomic E-state index is 13.9. The molecule has 1 saturated heterocycles. The minimum atomic E-state index is -0.916. The number of hydrogen-bond donors (Lipinski definition) is 2. The quantitative estimate of drug-likeness (QED) is 0.849. The monoisotopic (exact) mass is 282 g/mol. The number of fused-ring (bicyclic) bond motifs is 1. The van der Waals surface area contributed by atoms with Crippen LogP contribution in [0.25, 0.3) is 0 Å². The fourth-order valence-corrected chi connectivity index (χ4v) is 2.51.